The van der Waals surface area contributed by atoms with Crippen LogP contribution in [0.1, 0.15) is 55.5 Å². The number of amides is 1. The molecule has 0 aromatic heterocycles. The first-order valence-electron chi connectivity index (χ1n) is 8.12. The van der Waals surface area contributed by atoms with E-state index >= 15 is 0 Å². The highest BCUT2D eigenvalue weighted by Gasteiger charge is 2.28. The highest BCUT2D eigenvalue weighted by molar-refractivity contribution is 5.94. The first-order chi connectivity index (χ1) is 10.4. The van der Waals surface area contributed by atoms with Crippen molar-refractivity contribution in [1.29, 1.82) is 0 Å². The summed E-state index contributed by atoms with van der Waals surface area (Å²) in [5.41, 5.74) is 1.01. The second kappa shape index (κ2) is 7.25. The second-order valence-corrected chi connectivity index (χ2v) is 6.97. The molecular weight excluding hydrogens is 278 g/mol. The lowest BCUT2D eigenvalue weighted by Crippen LogP contribution is -2.38. The number of carbonyl (C=O) groups is 1. The Morgan fingerprint density at radius 3 is 2.82 bits per heavy atom. The van der Waals surface area contributed by atoms with Crippen LogP contribution in [0.25, 0.3) is 0 Å². The van der Waals surface area contributed by atoms with Crippen molar-refractivity contribution < 1.29 is 15.0 Å². The van der Waals surface area contributed by atoms with Crippen LogP contribution in [-0.4, -0.2) is 34.4 Å². The van der Waals surface area contributed by atoms with Gasteiger partial charge >= 0.3 is 0 Å². The maximum absolute atomic E-state index is 12.4. The van der Waals surface area contributed by atoms with Gasteiger partial charge in [0.05, 0.1) is 5.60 Å². The van der Waals surface area contributed by atoms with Crippen LogP contribution in [0.3, 0.4) is 0 Å². The Morgan fingerprint density at radius 2 is 2.14 bits per heavy atom. The molecule has 1 fully saturated rings. The number of benzene rings is 1. The number of aliphatic hydroxyl groups is 2. The molecule has 1 aliphatic rings. The van der Waals surface area contributed by atoms with Crippen LogP contribution in [0.5, 0.6) is 0 Å². The predicted octanol–water partition coefficient (Wildman–Crippen LogP) is 2.28. The summed E-state index contributed by atoms with van der Waals surface area (Å²) >= 11 is 0. The van der Waals surface area contributed by atoms with Crippen molar-refractivity contribution in [2.75, 3.05) is 6.61 Å². The second-order valence-electron chi connectivity index (χ2n) is 6.97. The zero-order valence-electron chi connectivity index (χ0n) is 13.5. The third-order valence-electron chi connectivity index (χ3n) is 4.42. The van der Waals surface area contributed by atoms with Gasteiger partial charge in [-0.25, -0.2) is 0 Å². The number of hydrogen-bond donors (Lipinski definition) is 3. The van der Waals surface area contributed by atoms with Crippen molar-refractivity contribution in [3.8, 4) is 0 Å². The third kappa shape index (κ3) is 4.82. The molecule has 122 valence electrons. The van der Waals surface area contributed by atoms with Gasteiger partial charge in [0.1, 0.15) is 0 Å². The highest BCUT2D eigenvalue weighted by Crippen LogP contribution is 2.25. The molecule has 1 aromatic carbocycles. The van der Waals surface area contributed by atoms with E-state index in [-0.39, 0.29) is 24.5 Å². The van der Waals surface area contributed by atoms with E-state index in [0.29, 0.717) is 12.0 Å². The van der Waals surface area contributed by atoms with Crippen LogP contribution in [0.2, 0.25) is 0 Å². The minimum atomic E-state index is -0.698. The Kier molecular flexibility index (Phi) is 5.59. The summed E-state index contributed by atoms with van der Waals surface area (Å²) < 4.78 is 0. The van der Waals surface area contributed by atoms with Gasteiger partial charge in [-0.2, -0.15) is 0 Å². The van der Waals surface area contributed by atoms with Crippen LogP contribution in [-0.2, 0) is 6.42 Å². The number of nitrogens with one attached hydrogen (secondary N) is 1. The van der Waals surface area contributed by atoms with E-state index in [1.807, 2.05) is 24.3 Å². The highest BCUT2D eigenvalue weighted by atomic mass is 16.3. The number of rotatable bonds is 6. The number of aliphatic hydroxyl groups excluding tert-OH is 1. The fourth-order valence-electron chi connectivity index (χ4n) is 3.02. The predicted molar refractivity (Wildman–Crippen MR) is 86.7 cm³/mol. The van der Waals surface area contributed by atoms with Crippen molar-refractivity contribution in [1.82, 2.24) is 5.32 Å². The largest absolute Gasteiger partial charge is 0.396 e. The molecule has 0 bridgehead atoms. The van der Waals surface area contributed by atoms with Crippen LogP contribution >= 0.6 is 0 Å². The first kappa shape index (κ1) is 17.0. The van der Waals surface area contributed by atoms with E-state index in [2.05, 4.69) is 5.32 Å². The molecule has 1 aliphatic carbocycles. The molecule has 0 saturated heterocycles. The summed E-state index contributed by atoms with van der Waals surface area (Å²) in [6.45, 7) is 3.72. The van der Waals surface area contributed by atoms with E-state index in [4.69, 9.17) is 0 Å². The molecule has 4 heteroatoms. The third-order valence-corrected chi connectivity index (χ3v) is 4.42. The van der Waals surface area contributed by atoms with Gasteiger partial charge in [-0.15, -0.1) is 0 Å². The summed E-state index contributed by atoms with van der Waals surface area (Å²) in [5, 5.41) is 22.2. The van der Waals surface area contributed by atoms with E-state index < -0.39 is 5.60 Å². The zero-order chi connectivity index (χ0) is 16.2. The molecular formula is C18H27NO3. The van der Waals surface area contributed by atoms with Gasteiger partial charge in [0.15, 0.2) is 0 Å². The molecule has 0 spiro atoms. The lowest BCUT2D eigenvalue weighted by atomic mass is 9.97. The molecule has 0 heterocycles. The molecule has 3 N–H and O–H groups in total. The molecule has 2 rings (SSSR count). The summed E-state index contributed by atoms with van der Waals surface area (Å²) in [6.07, 6.45) is 4.38. The van der Waals surface area contributed by atoms with Crippen LogP contribution < -0.4 is 5.32 Å². The van der Waals surface area contributed by atoms with E-state index in [0.717, 1.165) is 31.2 Å². The van der Waals surface area contributed by atoms with Crippen LogP contribution in [0.4, 0.5) is 0 Å². The summed E-state index contributed by atoms with van der Waals surface area (Å²) in [7, 11) is 0. The average molecular weight is 305 g/mol. The van der Waals surface area contributed by atoms with Gasteiger partial charge in [-0.05, 0) is 57.2 Å². The van der Waals surface area contributed by atoms with E-state index in [1.54, 1.807) is 13.8 Å². The van der Waals surface area contributed by atoms with Gasteiger partial charge in [0.2, 0.25) is 0 Å². The van der Waals surface area contributed by atoms with Crippen molar-refractivity contribution >= 4 is 5.91 Å². The topological polar surface area (TPSA) is 69.6 Å². The van der Waals surface area contributed by atoms with Gasteiger partial charge in [-0.1, -0.05) is 18.6 Å². The summed E-state index contributed by atoms with van der Waals surface area (Å²) in [5.74, 6) is 0.109. The summed E-state index contributed by atoms with van der Waals surface area (Å²) in [6, 6.07) is 7.65. The molecule has 1 saturated carbocycles. The van der Waals surface area contributed by atoms with Gasteiger partial charge in [0, 0.05) is 24.1 Å². The van der Waals surface area contributed by atoms with Crippen molar-refractivity contribution in [3.05, 3.63) is 35.4 Å². The SMILES string of the molecule is CC(C)(O)CCc1cccc(C(=O)N[C@H]2CCC[C@H]2CO)c1. The number of carbonyl (C=O) groups excluding carboxylic acids is 1. The molecule has 0 radical (unpaired) electrons. The Morgan fingerprint density at radius 1 is 1.36 bits per heavy atom. The average Bonchev–Trinajstić information content (AvgIpc) is 2.92. The van der Waals surface area contributed by atoms with Crippen LogP contribution in [0, 0.1) is 5.92 Å². The zero-order valence-corrected chi connectivity index (χ0v) is 13.5. The molecule has 4 nitrogen and oxygen atoms in total. The Hall–Kier alpha value is -1.39. The smallest absolute Gasteiger partial charge is 0.251 e. The fourth-order valence-corrected chi connectivity index (χ4v) is 3.02. The lowest BCUT2D eigenvalue weighted by Gasteiger charge is -2.19. The van der Waals surface area contributed by atoms with Gasteiger partial charge in [0.25, 0.3) is 5.91 Å². The van der Waals surface area contributed by atoms with Gasteiger partial charge in [-0.3, -0.25) is 4.79 Å². The van der Waals surface area contributed by atoms with Crippen LogP contribution in [0.15, 0.2) is 24.3 Å². The first-order valence-corrected chi connectivity index (χ1v) is 8.12. The Labute approximate surface area is 132 Å². The summed E-state index contributed by atoms with van der Waals surface area (Å²) in [4.78, 5) is 12.4. The normalized spacial score (nSPS) is 21.8. The number of aryl methyl sites for hydroxylation is 1. The van der Waals surface area contributed by atoms with Crippen molar-refractivity contribution in [2.45, 2.75) is 57.6 Å². The molecule has 0 aliphatic heterocycles. The maximum atomic E-state index is 12.4. The molecule has 1 amide bonds. The molecule has 2 atom stereocenters. The monoisotopic (exact) mass is 305 g/mol. The molecule has 1 aromatic rings. The Bertz CT molecular complexity index is 507. The minimum Gasteiger partial charge on any atom is -0.396 e. The van der Waals surface area contributed by atoms with E-state index in [1.165, 1.54) is 0 Å². The molecule has 0 unspecified atom stereocenters. The fraction of sp³-hybridized carbons (Fsp3) is 0.611. The van der Waals surface area contributed by atoms with Crippen molar-refractivity contribution in [2.24, 2.45) is 5.92 Å². The number of hydrogen-bond acceptors (Lipinski definition) is 3. The van der Waals surface area contributed by atoms with E-state index in [9.17, 15) is 15.0 Å². The molecule has 22 heavy (non-hydrogen) atoms. The lowest BCUT2D eigenvalue weighted by molar-refractivity contribution is 0.0714. The Balaban J connectivity index is 1.98. The van der Waals surface area contributed by atoms with Crippen molar-refractivity contribution in [3.63, 3.8) is 0 Å². The quantitative estimate of drug-likeness (QED) is 0.755. The minimum absolute atomic E-state index is 0.0736. The standard InChI is InChI=1S/C18H27NO3/c1-18(2,22)10-9-13-5-3-6-14(11-13)17(21)19-16-8-4-7-15(16)12-20/h3,5-6,11,15-16,20,22H,4,7-10,12H2,1-2H3,(H,19,21)/t15-,16-/m0/s1. The van der Waals surface area contributed by atoms with Gasteiger partial charge < -0.3 is 15.5 Å². The maximum Gasteiger partial charge on any atom is 0.251 e.